The van der Waals surface area contributed by atoms with E-state index in [4.69, 9.17) is 28.4 Å². The Hall–Kier alpha value is -4.38. The Balaban J connectivity index is 1.25. The van der Waals surface area contributed by atoms with Crippen molar-refractivity contribution in [3.63, 3.8) is 0 Å². The first kappa shape index (κ1) is 41.4. The molecule has 5 fully saturated rings. The van der Waals surface area contributed by atoms with Gasteiger partial charge in [-0.1, -0.05) is 48.5 Å². The summed E-state index contributed by atoms with van der Waals surface area (Å²) in [5, 5.41) is 51.3. The monoisotopic (exact) mass is 819 g/mol. The van der Waals surface area contributed by atoms with Crippen molar-refractivity contribution in [1.29, 1.82) is 0 Å². The molecule has 15 nitrogen and oxygen atoms in total. The van der Waals surface area contributed by atoms with E-state index in [9.17, 15) is 39.6 Å². The molecule has 1 aliphatic heterocycles. The minimum Gasteiger partial charge on any atom is -0.456 e. The van der Waals surface area contributed by atoms with E-state index < -0.39 is 106 Å². The fraction of sp³-hybridized carbons (Fsp3) is 0.591. The van der Waals surface area contributed by atoms with Crippen LogP contribution in [0.1, 0.15) is 89.7 Å². The second-order valence-corrected chi connectivity index (χ2v) is 18.3. The van der Waals surface area contributed by atoms with Gasteiger partial charge in [0.2, 0.25) is 0 Å². The number of aliphatic hydroxyl groups excluding tert-OH is 3. The van der Waals surface area contributed by atoms with Crippen molar-refractivity contribution < 1.29 is 68.0 Å². The van der Waals surface area contributed by atoms with Gasteiger partial charge in [-0.05, 0) is 89.1 Å². The summed E-state index contributed by atoms with van der Waals surface area (Å²) < 4.78 is 36.8. The van der Waals surface area contributed by atoms with Crippen LogP contribution in [-0.2, 0) is 38.0 Å². The van der Waals surface area contributed by atoms with E-state index in [0.717, 1.165) is 0 Å². The Bertz CT molecular complexity index is 2070. The third kappa shape index (κ3) is 5.90. The molecule has 1 heterocycles. The van der Waals surface area contributed by atoms with Crippen LogP contribution in [0.2, 0.25) is 0 Å². The zero-order chi connectivity index (χ0) is 42.7. The third-order valence-electron chi connectivity index (χ3n) is 13.9. The van der Waals surface area contributed by atoms with Crippen molar-refractivity contribution in [2.24, 2.45) is 22.7 Å². The molecule has 15 heteroatoms. The van der Waals surface area contributed by atoms with E-state index in [1.54, 1.807) is 95.3 Å². The van der Waals surface area contributed by atoms with Gasteiger partial charge in [-0.2, -0.15) is 0 Å². The Morgan fingerprint density at radius 3 is 2.19 bits per heavy atom. The topological polar surface area (TPSA) is 217 Å². The molecule has 0 aromatic heterocycles. The first-order valence-electron chi connectivity index (χ1n) is 20.2. The van der Waals surface area contributed by atoms with Crippen molar-refractivity contribution in [3.05, 3.63) is 82.9 Å². The van der Waals surface area contributed by atoms with Gasteiger partial charge in [-0.3, -0.25) is 4.79 Å². The number of nitrogens with one attached hydrogen (secondary N) is 1. The van der Waals surface area contributed by atoms with Crippen LogP contribution in [-0.4, -0.2) is 110 Å². The molecule has 2 unspecified atom stereocenters. The number of amides is 1. The first-order chi connectivity index (χ1) is 27.7. The number of rotatable bonds is 10. The number of carbonyl (C=O) groups excluding carboxylic acids is 4. The van der Waals surface area contributed by atoms with E-state index in [0.29, 0.717) is 24.0 Å². The van der Waals surface area contributed by atoms with Crippen molar-refractivity contribution in [1.82, 2.24) is 5.32 Å². The number of esters is 3. The second-order valence-electron chi connectivity index (χ2n) is 18.3. The highest BCUT2D eigenvalue weighted by Gasteiger charge is 3.01. The summed E-state index contributed by atoms with van der Waals surface area (Å²) in [6.45, 7) is 10.9. The van der Waals surface area contributed by atoms with Gasteiger partial charge in [0.1, 0.15) is 29.5 Å². The molecule has 5 N–H and O–H groups in total. The maximum atomic E-state index is 14.4. The predicted molar refractivity (Wildman–Crippen MR) is 205 cm³/mol. The average molecular weight is 820 g/mol. The summed E-state index contributed by atoms with van der Waals surface area (Å²) in [6, 6.07) is 15.2. The fourth-order valence-corrected chi connectivity index (χ4v) is 11.6. The van der Waals surface area contributed by atoms with Crippen molar-refractivity contribution in [2.45, 2.75) is 133 Å². The lowest BCUT2D eigenvalue weighted by atomic mass is 9.58. The fourth-order valence-electron chi connectivity index (χ4n) is 11.6. The normalized spacial score (nSPS) is 38.8. The molecule has 8 rings (SSSR count). The number of hydrogen-bond donors (Lipinski definition) is 5. The molecule has 1 spiro atoms. The highest BCUT2D eigenvalue weighted by Crippen LogP contribution is 2.88. The Morgan fingerprint density at radius 1 is 0.966 bits per heavy atom. The molecular weight excluding hydrogens is 766 g/mol. The van der Waals surface area contributed by atoms with E-state index in [1.807, 2.05) is 0 Å². The van der Waals surface area contributed by atoms with Crippen molar-refractivity contribution >= 4 is 24.0 Å². The Morgan fingerprint density at radius 2 is 1.61 bits per heavy atom. The largest absolute Gasteiger partial charge is 0.456 e. The molecular formula is C44H53NO14. The molecule has 1 amide bonds. The van der Waals surface area contributed by atoms with Gasteiger partial charge in [-0.25, -0.2) is 14.4 Å². The zero-order valence-corrected chi connectivity index (χ0v) is 34.2. The summed E-state index contributed by atoms with van der Waals surface area (Å²) in [7, 11) is 0. The molecule has 14 atom stereocenters. The lowest BCUT2D eigenvalue weighted by molar-refractivity contribution is -0.323. The highest BCUT2D eigenvalue weighted by molar-refractivity contribution is 5.90. The number of aliphatic hydroxyl groups is 4. The lowest BCUT2D eigenvalue weighted by Crippen LogP contribution is -2.74. The van der Waals surface area contributed by atoms with Gasteiger partial charge >= 0.3 is 24.0 Å². The molecule has 0 radical (unpaired) electrons. The highest BCUT2D eigenvalue weighted by atomic mass is 16.6. The molecule has 4 saturated carbocycles. The van der Waals surface area contributed by atoms with E-state index in [1.165, 1.54) is 13.8 Å². The molecule has 2 aromatic carbocycles. The number of carbonyl (C=O) groups is 4. The maximum Gasteiger partial charge on any atom is 0.408 e. The third-order valence-corrected chi connectivity index (χ3v) is 13.9. The van der Waals surface area contributed by atoms with Crippen LogP contribution in [0, 0.1) is 22.7 Å². The van der Waals surface area contributed by atoms with Gasteiger partial charge in [-0.15, -0.1) is 0 Å². The van der Waals surface area contributed by atoms with Gasteiger partial charge in [0, 0.05) is 18.8 Å². The summed E-state index contributed by atoms with van der Waals surface area (Å²) in [5.74, 6) is -3.87. The molecule has 59 heavy (non-hydrogen) atoms. The van der Waals surface area contributed by atoms with Gasteiger partial charge < -0.3 is 54.2 Å². The molecule has 2 aromatic rings. The summed E-state index contributed by atoms with van der Waals surface area (Å²) in [6.07, 6.45) is -8.56. The van der Waals surface area contributed by atoms with Gasteiger partial charge in [0.05, 0.1) is 35.6 Å². The van der Waals surface area contributed by atoms with Crippen molar-refractivity contribution in [2.75, 3.05) is 6.61 Å². The van der Waals surface area contributed by atoms with E-state index in [-0.39, 0.29) is 30.1 Å². The van der Waals surface area contributed by atoms with Crippen LogP contribution in [0.15, 0.2) is 71.8 Å². The number of fused-ring (bicyclic) bond motifs is 4. The predicted octanol–water partition coefficient (Wildman–Crippen LogP) is 3.42. The Labute approximate surface area is 341 Å². The number of alkyl carbamates (subject to hydrolysis) is 1. The second kappa shape index (κ2) is 13.8. The van der Waals surface area contributed by atoms with Gasteiger partial charge in [0.25, 0.3) is 0 Å². The first-order valence-corrected chi connectivity index (χ1v) is 20.2. The maximum absolute atomic E-state index is 14.4. The number of benzene rings is 2. The van der Waals surface area contributed by atoms with Crippen LogP contribution in [0.5, 0.6) is 0 Å². The van der Waals surface area contributed by atoms with Crippen LogP contribution in [0.3, 0.4) is 0 Å². The van der Waals surface area contributed by atoms with Crippen molar-refractivity contribution in [3.8, 4) is 0 Å². The summed E-state index contributed by atoms with van der Waals surface area (Å²) in [5.41, 5.74) is -7.97. The summed E-state index contributed by atoms with van der Waals surface area (Å²) >= 11 is 0. The Kier molecular flexibility index (Phi) is 9.69. The smallest absolute Gasteiger partial charge is 0.408 e. The molecule has 1 saturated heterocycles. The minimum absolute atomic E-state index is 0.101. The minimum atomic E-state index is -2.07. The molecule has 5 aliphatic carbocycles. The van der Waals surface area contributed by atoms with Crippen LogP contribution < -0.4 is 5.32 Å². The molecule has 318 valence electrons. The summed E-state index contributed by atoms with van der Waals surface area (Å²) in [4.78, 5) is 54.6. The van der Waals surface area contributed by atoms with Crippen LogP contribution in [0.4, 0.5) is 4.79 Å². The molecule has 6 aliphatic rings. The quantitative estimate of drug-likeness (QED) is 0.101. The molecule has 0 bridgehead atoms. The number of hydrogen-bond acceptors (Lipinski definition) is 14. The van der Waals surface area contributed by atoms with Crippen LogP contribution >= 0.6 is 0 Å². The van der Waals surface area contributed by atoms with E-state index in [2.05, 4.69) is 5.32 Å². The standard InChI is InChI=1S/C44H53NO14/c1-22-28(56-36(51)32(48)31(25-14-10-8-11-15-25)45-38(52)59-39(4,5)6)20-43(53)40(7)30(22)33(55-23(2)46)34(49)41-19-27(41)18-29-42(21-54-29,57-24(3)47)37(41)44(40,43)58-35(50)26-16-12-9-13-17-26/h8-17,23,27-29,31-34,37,46,48-49,53H,18-21H2,1-7H3,(H,45,52)/t23?,27-,28+,29-,31+,32-,33-,34?,37+,40+,41+,42+,43+,44+/m1/s1. The van der Waals surface area contributed by atoms with E-state index >= 15 is 0 Å². The SMILES string of the molecule is CC(=O)O[C@@]12CO[C@@H]1C[C@@H]1C[C@@]13C(O)[C@H](OC(C)O)C1=C(C)[C@@H](OC(=O)[C@H](O)[C@@H](NC(=O)OC(C)(C)C)c4ccccc4)C[C@]4(O)[C@@]1(C)[C@@]4(OC(=O)c1ccccc1)[C@H]23. The number of ether oxygens (including phenoxy) is 6. The zero-order valence-electron chi connectivity index (χ0n) is 34.2. The average Bonchev–Trinajstić information content (AvgIpc) is 3.99. The lowest BCUT2D eigenvalue weighted by Gasteiger charge is -2.60. The van der Waals surface area contributed by atoms with Crippen LogP contribution in [0.25, 0.3) is 0 Å². The van der Waals surface area contributed by atoms with Gasteiger partial charge in [0.15, 0.2) is 23.6 Å².